The maximum atomic E-state index is 14.5. The quantitative estimate of drug-likeness (QED) is 0.0277. The molecule has 0 bridgehead atoms. The lowest BCUT2D eigenvalue weighted by Crippen LogP contribution is -2.61. The maximum Gasteiger partial charge on any atom is 0.329 e. The third kappa shape index (κ3) is 16.6. The van der Waals surface area contributed by atoms with Crippen LogP contribution in [0.5, 0.6) is 0 Å². The van der Waals surface area contributed by atoms with Gasteiger partial charge in [-0.05, 0) is 146 Å². The van der Waals surface area contributed by atoms with E-state index in [1.807, 2.05) is 65.8 Å². The molecule has 3 aliphatic rings. The molecule has 396 valence electrons. The normalized spacial score (nSPS) is 27.5. The molecule has 1 aromatic carbocycles. The molecule has 7 unspecified atom stereocenters. The number of nitrogens with two attached hydrogens (primary N) is 1. The predicted molar refractivity (Wildman–Crippen MR) is 274 cm³/mol. The zero-order chi connectivity index (χ0) is 52.6. The number of hydrogen-bond acceptors (Lipinski definition) is 14. The molecule has 0 aromatic heterocycles. The van der Waals surface area contributed by atoms with Gasteiger partial charge >= 0.3 is 5.97 Å². The van der Waals surface area contributed by atoms with Crippen molar-refractivity contribution < 1.29 is 53.4 Å². The molecule has 1 amide bonds. The van der Waals surface area contributed by atoms with Crippen LogP contribution in [-0.4, -0.2) is 125 Å². The van der Waals surface area contributed by atoms with Gasteiger partial charge < -0.3 is 50.2 Å². The van der Waals surface area contributed by atoms with E-state index in [0.717, 1.165) is 17.7 Å². The van der Waals surface area contributed by atoms with E-state index in [2.05, 4.69) is 11.4 Å². The molecule has 6 N–H and O–H groups in total. The number of hydrogen-bond donors (Lipinski definition) is 5. The van der Waals surface area contributed by atoms with Gasteiger partial charge in [-0.15, -0.1) is 0 Å². The number of carbonyl (C=O) groups excluding carboxylic acids is 4. The first-order valence-electron chi connectivity index (χ1n) is 26.1. The topological polar surface area (TPSA) is 231 Å². The number of nitrogens with one attached hydrogen (secondary N) is 1. The Bertz CT molecular complexity index is 2050. The molecule has 2 aliphatic heterocycles. The van der Waals surface area contributed by atoms with Crippen molar-refractivity contribution in [2.24, 2.45) is 35.3 Å². The highest BCUT2D eigenvalue weighted by Gasteiger charge is 2.53. The number of allylic oxidation sites excluding steroid dienone is 3. The van der Waals surface area contributed by atoms with Gasteiger partial charge in [0.05, 0.1) is 29.9 Å². The molecular formula is C56H86N4O11. The summed E-state index contributed by atoms with van der Waals surface area (Å²) in [5.74, 6) is -6.11. The number of aliphatic hydroxyl groups excluding tert-OH is 2. The molecule has 3 fully saturated rings. The van der Waals surface area contributed by atoms with Gasteiger partial charge in [0.25, 0.3) is 11.7 Å². The van der Waals surface area contributed by atoms with Crippen LogP contribution in [0.2, 0.25) is 0 Å². The molecule has 2 saturated heterocycles. The van der Waals surface area contributed by atoms with Gasteiger partial charge in [0.15, 0.2) is 5.78 Å². The Balaban J connectivity index is 1.53. The number of ether oxygens (including phenoxy) is 4. The van der Waals surface area contributed by atoms with Crippen molar-refractivity contribution in [3.63, 3.8) is 0 Å². The zero-order valence-electron chi connectivity index (χ0n) is 44.2. The van der Waals surface area contributed by atoms with Crippen LogP contribution in [0, 0.1) is 40.9 Å². The summed E-state index contributed by atoms with van der Waals surface area (Å²) in [6.07, 6.45) is 9.86. The van der Waals surface area contributed by atoms with Crippen LogP contribution in [0.3, 0.4) is 0 Å². The summed E-state index contributed by atoms with van der Waals surface area (Å²) in [7, 11) is 3.00. The van der Waals surface area contributed by atoms with Gasteiger partial charge in [0.1, 0.15) is 24.4 Å². The van der Waals surface area contributed by atoms with E-state index in [0.29, 0.717) is 87.7 Å². The second-order valence-corrected chi connectivity index (χ2v) is 21.2. The molecule has 4 rings (SSSR count). The second-order valence-electron chi connectivity index (χ2n) is 21.2. The van der Waals surface area contributed by atoms with Crippen LogP contribution in [0.4, 0.5) is 5.69 Å². The van der Waals surface area contributed by atoms with Crippen molar-refractivity contribution in [2.45, 2.75) is 199 Å². The van der Waals surface area contributed by atoms with Crippen molar-refractivity contribution in [1.29, 1.82) is 5.26 Å². The number of anilines is 1. The van der Waals surface area contributed by atoms with Crippen LogP contribution in [-0.2, 0) is 38.1 Å². The Hall–Kier alpha value is -4.27. The highest BCUT2D eigenvalue weighted by atomic mass is 16.6. The number of likely N-dealkylation sites (tertiary alicyclic amines) is 1. The predicted octanol–water partition coefficient (Wildman–Crippen LogP) is 7.50. The van der Waals surface area contributed by atoms with Gasteiger partial charge in [-0.25, -0.2) is 4.79 Å². The number of Topliss-reactive ketones (excluding diaryl/α,β-unsaturated/α-hetero) is 2. The van der Waals surface area contributed by atoms with Crippen LogP contribution < -0.4 is 11.1 Å². The number of ketones is 2. The smallest absolute Gasteiger partial charge is 0.329 e. The van der Waals surface area contributed by atoms with Gasteiger partial charge in [-0.1, -0.05) is 70.6 Å². The lowest BCUT2D eigenvalue weighted by atomic mass is 9.78. The number of amides is 1. The van der Waals surface area contributed by atoms with Crippen LogP contribution in [0.15, 0.2) is 59.7 Å². The zero-order valence-corrected chi connectivity index (χ0v) is 44.2. The van der Waals surface area contributed by atoms with E-state index in [9.17, 15) is 39.8 Å². The minimum atomic E-state index is -2.44. The highest BCUT2D eigenvalue weighted by Crippen LogP contribution is 2.38. The first-order valence-corrected chi connectivity index (χ1v) is 26.1. The number of esters is 1. The molecule has 15 nitrogen and oxygen atoms in total. The number of rotatable bonds is 25. The Labute approximate surface area is 423 Å². The van der Waals surface area contributed by atoms with Gasteiger partial charge in [0.2, 0.25) is 5.79 Å². The van der Waals surface area contributed by atoms with Gasteiger partial charge in [-0.3, -0.25) is 14.4 Å². The Kier molecular flexibility index (Phi) is 23.6. The van der Waals surface area contributed by atoms with Crippen molar-refractivity contribution in [3.8, 4) is 6.07 Å². The second kappa shape index (κ2) is 28.3. The van der Waals surface area contributed by atoms with Crippen molar-refractivity contribution in [2.75, 3.05) is 26.1 Å². The van der Waals surface area contributed by atoms with E-state index < -0.39 is 72.0 Å². The highest BCUT2D eigenvalue weighted by molar-refractivity contribution is 6.39. The van der Waals surface area contributed by atoms with Crippen LogP contribution in [0.25, 0.3) is 0 Å². The number of aliphatic hydroxyl groups is 3. The molecule has 71 heavy (non-hydrogen) atoms. The lowest BCUT2D eigenvalue weighted by molar-refractivity contribution is -0.263. The fourth-order valence-corrected chi connectivity index (χ4v) is 10.7. The average Bonchev–Trinajstić information content (AvgIpc) is 3.35. The third-order valence-electron chi connectivity index (χ3n) is 15.1. The fraction of sp³-hybridized carbons (Fsp3) is 0.696. The number of benzene rings is 1. The molecule has 14 atom stereocenters. The Morgan fingerprint density at radius 2 is 1.76 bits per heavy atom. The number of methoxy groups -OCH3 is 2. The number of piperidine rings is 1. The van der Waals surface area contributed by atoms with E-state index in [1.54, 1.807) is 45.2 Å². The van der Waals surface area contributed by atoms with E-state index >= 15 is 0 Å². The first kappa shape index (κ1) is 59.3. The largest absolute Gasteiger partial charge is 0.461 e. The van der Waals surface area contributed by atoms with Crippen molar-refractivity contribution in [1.82, 2.24) is 4.90 Å². The molecule has 2 heterocycles. The first-order chi connectivity index (χ1) is 33.7. The standard InChI is InChI=1S/C56H86N4O11/c1-11-12-16-35(4)45(59-43-18-15-17-41(30-43)33-57)32-44-23-20-39(8)56(67,71-44)53(64)54(65)60-26-14-13-19-46(60)55(66)70-48(36(5)28-40-21-24-47(61)49(31-40)68-9)25-22-42(58)29-38(7)51(63)52(69-10)50(62)37(6)27-34(2)3/h11-12,15-18,29-30,34,36-37,39-40,42,44-49,51-52,59,61,63,67H,13-14,19-28,31-32,58H2,1-10H3/b12-11+,35-16+,38-29+/t36-,37?,39?,40?,42+,44+,45-,46?,47-,48+,49?,51?,52+,56?/m1/s1. The summed E-state index contributed by atoms with van der Waals surface area (Å²) in [6.45, 7) is 15.3. The number of nitriles is 1. The van der Waals surface area contributed by atoms with E-state index in [4.69, 9.17) is 24.7 Å². The van der Waals surface area contributed by atoms with Gasteiger partial charge in [0, 0.05) is 50.4 Å². The van der Waals surface area contributed by atoms with Crippen molar-refractivity contribution >= 4 is 29.1 Å². The number of carbonyl (C=O) groups is 4. The average molecular weight is 991 g/mol. The molecule has 0 spiro atoms. The molecular weight excluding hydrogens is 905 g/mol. The fourth-order valence-electron chi connectivity index (χ4n) is 10.7. The maximum absolute atomic E-state index is 14.5. The van der Waals surface area contributed by atoms with Crippen LogP contribution >= 0.6 is 0 Å². The third-order valence-corrected chi connectivity index (χ3v) is 15.1. The summed E-state index contributed by atoms with van der Waals surface area (Å²) < 4.78 is 23.8. The molecule has 1 aliphatic carbocycles. The summed E-state index contributed by atoms with van der Waals surface area (Å²) in [5, 5.41) is 46.9. The molecule has 1 aromatic rings. The molecule has 15 heteroatoms. The monoisotopic (exact) mass is 991 g/mol. The Morgan fingerprint density at radius 3 is 2.42 bits per heavy atom. The SMILES string of the molecule is C/C=C/C=C(\C)[C@@H](C[C@@H]1CCC(C)C(O)(C(=O)C(=O)N2CCCCC2C(=O)O[C@@H](CC[C@H](N)/C=C(\C)C(O)[C@@H](OC)C(=O)C(C)CC(C)C)[C@H](C)CC2CC[C@@H](O)C(OC)C2)O1)Nc1cccc(C#N)c1. The van der Waals surface area contributed by atoms with Crippen molar-refractivity contribution in [3.05, 3.63) is 65.3 Å². The Morgan fingerprint density at radius 1 is 1.03 bits per heavy atom. The van der Waals surface area contributed by atoms with Crippen LogP contribution in [0.1, 0.15) is 144 Å². The van der Waals surface area contributed by atoms with E-state index in [1.165, 1.54) is 12.0 Å². The summed E-state index contributed by atoms with van der Waals surface area (Å²) in [6, 6.07) is 7.32. The summed E-state index contributed by atoms with van der Waals surface area (Å²) >= 11 is 0. The summed E-state index contributed by atoms with van der Waals surface area (Å²) in [5.41, 5.74) is 9.34. The minimum Gasteiger partial charge on any atom is -0.461 e. The molecule has 0 radical (unpaired) electrons. The number of nitrogens with zero attached hydrogens (tertiary/aromatic N) is 2. The lowest BCUT2D eigenvalue weighted by Gasteiger charge is -2.43. The minimum absolute atomic E-state index is 0.114. The van der Waals surface area contributed by atoms with E-state index in [-0.39, 0.29) is 48.6 Å². The van der Waals surface area contributed by atoms with Gasteiger partial charge in [-0.2, -0.15) is 5.26 Å². The molecule has 1 saturated carbocycles. The summed E-state index contributed by atoms with van der Waals surface area (Å²) in [4.78, 5) is 57.8.